The van der Waals surface area contributed by atoms with Gasteiger partial charge in [0.25, 0.3) is 0 Å². The van der Waals surface area contributed by atoms with Crippen molar-refractivity contribution in [2.24, 2.45) is 0 Å². The summed E-state index contributed by atoms with van der Waals surface area (Å²) in [5.74, 6) is 0.344. The van der Waals surface area contributed by atoms with Crippen LogP contribution in [0.25, 0.3) is 6.08 Å². The summed E-state index contributed by atoms with van der Waals surface area (Å²) in [6.45, 7) is 0. The Morgan fingerprint density at radius 3 is 2.77 bits per heavy atom. The molecule has 7 heteroatoms. The molecule has 0 fully saturated rings. The number of carbonyl (C=O) groups excluding carboxylic acids is 1. The molecule has 1 aromatic carbocycles. The zero-order valence-corrected chi connectivity index (χ0v) is 13.2. The standard InChI is InChI=1S/C15H14Cl2N4O/c1-19-15-9(3-2-6-20-15)4-5-14(22)21-13-8-11(17)10(16)7-12(13)18/h2-8H,18H2,1H3,(H,19,20)(H,21,22)/b5-4+. The fourth-order valence-corrected chi connectivity index (χ4v) is 2.11. The number of nitrogens with two attached hydrogens (primary N) is 1. The number of carbonyl (C=O) groups is 1. The number of nitrogens with zero attached hydrogens (tertiary/aromatic N) is 1. The van der Waals surface area contributed by atoms with E-state index in [9.17, 15) is 4.79 Å². The Hall–Kier alpha value is -2.24. The molecule has 4 N–H and O–H groups in total. The van der Waals surface area contributed by atoms with E-state index in [0.29, 0.717) is 27.2 Å². The lowest BCUT2D eigenvalue weighted by Crippen LogP contribution is -2.09. The number of pyridine rings is 1. The topological polar surface area (TPSA) is 80.0 Å². The predicted molar refractivity (Wildman–Crippen MR) is 92.3 cm³/mol. The van der Waals surface area contributed by atoms with Gasteiger partial charge >= 0.3 is 0 Å². The van der Waals surface area contributed by atoms with Crippen LogP contribution >= 0.6 is 23.2 Å². The number of nitrogens with one attached hydrogen (secondary N) is 2. The van der Waals surface area contributed by atoms with Crippen LogP contribution in [0.2, 0.25) is 10.0 Å². The zero-order valence-electron chi connectivity index (χ0n) is 11.7. The predicted octanol–water partition coefficient (Wildman–Crippen LogP) is 3.66. The molecular weight excluding hydrogens is 323 g/mol. The molecule has 5 nitrogen and oxygen atoms in total. The molecule has 0 spiro atoms. The van der Waals surface area contributed by atoms with Crippen LogP contribution in [0.15, 0.2) is 36.5 Å². The van der Waals surface area contributed by atoms with Crippen LogP contribution in [-0.2, 0) is 4.79 Å². The summed E-state index contributed by atoms with van der Waals surface area (Å²) in [5.41, 5.74) is 7.33. The molecule has 2 rings (SSSR count). The fraction of sp³-hybridized carbons (Fsp3) is 0.0667. The maximum atomic E-state index is 12.0. The summed E-state index contributed by atoms with van der Waals surface area (Å²) in [6, 6.07) is 6.63. The minimum absolute atomic E-state index is 0.319. The number of aromatic nitrogens is 1. The molecule has 114 valence electrons. The number of rotatable bonds is 4. The second kappa shape index (κ2) is 7.15. The van der Waals surface area contributed by atoms with Gasteiger partial charge in [0.1, 0.15) is 5.82 Å². The first-order valence-corrected chi connectivity index (χ1v) is 7.13. The van der Waals surface area contributed by atoms with Gasteiger partial charge in [-0.25, -0.2) is 4.98 Å². The van der Waals surface area contributed by atoms with Gasteiger partial charge in [-0.05, 0) is 30.3 Å². The van der Waals surface area contributed by atoms with Crippen LogP contribution in [0.3, 0.4) is 0 Å². The van der Waals surface area contributed by atoms with Gasteiger partial charge in [-0.15, -0.1) is 0 Å². The van der Waals surface area contributed by atoms with Crippen LogP contribution in [0.4, 0.5) is 17.2 Å². The van der Waals surface area contributed by atoms with Crippen LogP contribution < -0.4 is 16.4 Å². The van der Waals surface area contributed by atoms with Crippen molar-refractivity contribution in [2.45, 2.75) is 0 Å². The van der Waals surface area contributed by atoms with Gasteiger partial charge in [0, 0.05) is 24.9 Å². The Kier molecular flexibility index (Phi) is 5.25. The highest BCUT2D eigenvalue weighted by molar-refractivity contribution is 6.42. The molecule has 2 aromatic rings. The number of benzene rings is 1. The molecule has 0 unspecified atom stereocenters. The number of amides is 1. The molecule has 0 radical (unpaired) electrons. The lowest BCUT2D eigenvalue weighted by atomic mass is 10.2. The molecule has 0 aliphatic heterocycles. The summed E-state index contributed by atoms with van der Waals surface area (Å²) in [4.78, 5) is 16.1. The summed E-state index contributed by atoms with van der Waals surface area (Å²) in [5, 5.41) is 6.25. The molecule has 1 amide bonds. The smallest absolute Gasteiger partial charge is 0.248 e. The second-order valence-corrected chi connectivity index (χ2v) is 5.18. The normalized spacial score (nSPS) is 10.7. The molecule has 1 heterocycles. The first-order chi connectivity index (χ1) is 10.5. The Morgan fingerprint density at radius 1 is 1.32 bits per heavy atom. The average molecular weight is 337 g/mol. The van der Waals surface area contributed by atoms with E-state index in [1.165, 1.54) is 18.2 Å². The van der Waals surface area contributed by atoms with E-state index in [1.54, 1.807) is 25.4 Å². The Labute approximate surface area is 138 Å². The van der Waals surface area contributed by atoms with Crippen molar-refractivity contribution in [3.63, 3.8) is 0 Å². The van der Waals surface area contributed by atoms with Crippen molar-refractivity contribution < 1.29 is 4.79 Å². The Morgan fingerprint density at radius 2 is 2.05 bits per heavy atom. The summed E-state index contributed by atoms with van der Waals surface area (Å²) in [6.07, 6.45) is 4.71. The number of anilines is 3. The van der Waals surface area contributed by atoms with Crippen LogP contribution in [0.5, 0.6) is 0 Å². The van der Waals surface area contributed by atoms with Crippen molar-refractivity contribution in [3.05, 3.63) is 52.1 Å². The highest BCUT2D eigenvalue weighted by Gasteiger charge is 2.07. The molecule has 0 aliphatic carbocycles. The van der Waals surface area contributed by atoms with Crippen molar-refractivity contribution in [1.29, 1.82) is 0 Å². The molecule has 22 heavy (non-hydrogen) atoms. The van der Waals surface area contributed by atoms with Crippen LogP contribution in [-0.4, -0.2) is 17.9 Å². The molecule has 1 aromatic heterocycles. The Bertz CT molecular complexity index is 731. The van der Waals surface area contributed by atoms with Gasteiger partial charge < -0.3 is 16.4 Å². The third-order valence-corrected chi connectivity index (χ3v) is 3.56. The van der Waals surface area contributed by atoms with Gasteiger partial charge in [-0.2, -0.15) is 0 Å². The van der Waals surface area contributed by atoms with Gasteiger partial charge in [-0.3, -0.25) is 4.79 Å². The van der Waals surface area contributed by atoms with Crippen molar-refractivity contribution >= 4 is 52.4 Å². The quantitative estimate of drug-likeness (QED) is 0.587. The molecular formula is C15H14Cl2N4O. The summed E-state index contributed by atoms with van der Waals surface area (Å²) >= 11 is 11.8. The lowest BCUT2D eigenvalue weighted by Gasteiger charge is -2.08. The number of halogens is 2. The summed E-state index contributed by atoms with van der Waals surface area (Å²) in [7, 11) is 1.76. The first kappa shape index (κ1) is 16.1. The molecule has 0 bridgehead atoms. The Balaban J connectivity index is 2.13. The third-order valence-electron chi connectivity index (χ3n) is 2.84. The summed E-state index contributed by atoms with van der Waals surface area (Å²) < 4.78 is 0. The minimum atomic E-state index is -0.337. The molecule has 0 saturated heterocycles. The number of nitrogen functional groups attached to an aromatic ring is 1. The van der Waals surface area contributed by atoms with Crippen LogP contribution in [0.1, 0.15) is 5.56 Å². The van der Waals surface area contributed by atoms with E-state index in [4.69, 9.17) is 28.9 Å². The highest BCUT2D eigenvalue weighted by Crippen LogP contribution is 2.30. The van der Waals surface area contributed by atoms with E-state index >= 15 is 0 Å². The number of hydrogen-bond acceptors (Lipinski definition) is 4. The zero-order chi connectivity index (χ0) is 16.1. The van der Waals surface area contributed by atoms with E-state index in [1.807, 2.05) is 6.07 Å². The monoisotopic (exact) mass is 336 g/mol. The minimum Gasteiger partial charge on any atom is -0.397 e. The van der Waals surface area contributed by atoms with E-state index in [2.05, 4.69) is 15.6 Å². The van der Waals surface area contributed by atoms with E-state index in [-0.39, 0.29) is 5.91 Å². The van der Waals surface area contributed by atoms with Gasteiger partial charge in [0.05, 0.1) is 21.4 Å². The van der Waals surface area contributed by atoms with Crippen molar-refractivity contribution in [2.75, 3.05) is 23.4 Å². The van der Waals surface area contributed by atoms with E-state index < -0.39 is 0 Å². The average Bonchev–Trinajstić information content (AvgIpc) is 2.51. The maximum absolute atomic E-state index is 12.0. The fourth-order valence-electron chi connectivity index (χ4n) is 1.77. The second-order valence-electron chi connectivity index (χ2n) is 4.37. The van der Waals surface area contributed by atoms with E-state index in [0.717, 1.165) is 5.56 Å². The lowest BCUT2D eigenvalue weighted by molar-refractivity contribution is -0.111. The van der Waals surface area contributed by atoms with Gasteiger partial charge in [0.2, 0.25) is 5.91 Å². The van der Waals surface area contributed by atoms with Crippen molar-refractivity contribution in [3.8, 4) is 0 Å². The molecule has 0 atom stereocenters. The largest absolute Gasteiger partial charge is 0.397 e. The van der Waals surface area contributed by atoms with Crippen molar-refractivity contribution in [1.82, 2.24) is 4.98 Å². The molecule has 0 aliphatic rings. The maximum Gasteiger partial charge on any atom is 0.248 e. The third kappa shape index (κ3) is 3.90. The number of hydrogen-bond donors (Lipinski definition) is 3. The molecule has 0 saturated carbocycles. The first-order valence-electron chi connectivity index (χ1n) is 6.37. The van der Waals surface area contributed by atoms with Crippen LogP contribution in [0, 0.1) is 0 Å². The highest BCUT2D eigenvalue weighted by atomic mass is 35.5. The van der Waals surface area contributed by atoms with Gasteiger partial charge in [-0.1, -0.05) is 23.2 Å². The van der Waals surface area contributed by atoms with Gasteiger partial charge in [0.15, 0.2) is 0 Å². The SMILES string of the molecule is CNc1ncccc1/C=C/C(=O)Nc1cc(Cl)c(Cl)cc1N.